The molecule has 2 N–H and O–H groups in total. The first kappa shape index (κ1) is 15.1. The molecular formula is C9H13NO6S2. The summed E-state index contributed by atoms with van der Waals surface area (Å²) in [7, 11) is -2.76. The molecule has 0 spiro atoms. The summed E-state index contributed by atoms with van der Waals surface area (Å²) in [5, 5.41) is 2.88. The summed E-state index contributed by atoms with van der Waals surface area (Å²) in [6.45, 7) is -0.632. The van der Waals surface area contributed by atoms with Gasteiger partial charge in [-0.15, -0.1) is 0 Å². The molecular weight excluding hydrogens is 282 g/mol. The quantitative estimate of drug-likeness (QED) is 0.560. The average molecular weight is 295 g/mol. The van der Waals surface area contributed by atoms with Crippen molar-refractivity contribution in [3.8, 4) is 0 Å². The Bertz CT molecular complexity index is 516. The van der Waals surface area contributed by atoms with Crippen molar-refractivity contribution in [2.45, 2.75) is 4.90 Å². The predicted octanol–water partition coefficient (Wildman–Crippen LogP) is 0.587. The first-order valence-corrected chi connectivity index (χ1v) is 7.31. The molecule has 0 saturated carbocycles. The van der Waals surface area contributed by atoms with Crippen LogP contribution in [0.4, 0.5) is 5.69 Å². The largest absolute Gasteiger partial charge is 0.397 e. The zero-order valence-electron chi connectivity index (χ0n) is 9.53. The van der Waals surface area contributed by atoms with Crippen molar-refractivity contribution in [2.24, 2.45) is 0 Å². The van der Waals surface area contributed by atoms with E-state index in [-0.39, 0.29) is 6.61 Å². The molecule has 0 aliphatic heterocycles. The fourth-order valence-corrected chi connectivity index (χ4v) is 2.12. The maximum atomic E-state index is 11.6. The van der Waals surface area contributed by atoms with Gasteiger partial charge in [-0.05, 0) is 18.2 Å². The molecule has 0 fully saturated rings. The number of hydrogen-bond donors (Lipinski definition) is 2. The topological polar surface area (TPSA) is 102 Å². The van der Waals surface area contributed by atoms with Gasteiger partial charge in [0.05, 0.1) is 18.1 Å². The minimum Gasteiger partial charge on any atom is -0.388 e. The second-order valence-corrected chi connectivity index (χ2v) is 5.35. The van der Waals surface area contributed by atoms with Gasteiger partial charge in [0.25, 0.3) is 0 Å². The third kappa shape index (κ3) is 5.56. The second kappa shape index (κ2) is 6.81. The fraction of sp³-hybridized carbons (Fsp3) is 0.333. The lowest BCUT2D eigenvalue weighted by Crippen LogP contribution is -2.11. The Hall–Kier alpha value is -1.00. The van der Waals surface area contributed by atoms with Crippen molar-refractivity contribution < 1.29 is 25.5 Å². The summed E-state index contributed by atoms with van der Waals surface area (Å²) in [5.74, 6) is 0. The van der Waals surface area contributed by atoms with Crippen LogP contribution in [0.1, 0.15) is 0 Å². The Balaban J connectivity index is 2.45. The number of anilines is 1. The minimum absolute atomic E-state index is 0.226. The van der Waals surface area contributed by atoms with Crippen molar-refractivity contribution in [1.29, 1.82) is 0 Å². The summed E-state index contributed by atoms with van der Waals surface area (Å²) in [4.78, 5) is 0.439. The van der Waals surface area contributed by atoms with Crippen molar-refractivity contribution in [1.82, 2.24) is 0 Å². The van der Waals surface area contributed by atoms with Crippen LogP contribution in [0, 0.1) is 0 Å². The van der Waals surface area contributed by atoms with E-state index in [4.69, 9.17) is 8.74 Å². The Kier molecular flexibility index (Phi) is 5.69. The van der Waals surface area contributed by atoms with Crippen LogP contribution in [0.25, 0.3) is 0 Å². The molecule has 0 aromatic heterocycles. The molecule has 1 aromatic rings. The van der Waals surface area contributed by atoms with Gasteiger partial charge in [-0.3, -0.25) is 8.74 Å². The van der Waals surface area contributed by atoms with Gasteiger partial charge in [0.2, 0.25) is 0 Å². The first-order chi connectivity index (χ1) is 8.42. The Morgan fingerprint density at radius 3 is 2.72 bits per heavy atom. The molecule has 9 heteroatoms. The van der Waals surface area contributed by atoms with E-state index >= 15 is 0 Å². The van der Waals surface area contributed by atoms with Crippen LogP contribution in [-0.2, 0) is 29.8 Å². The molecule has 0 aliphatic carbocycles. The molecule has 0 heterocycles. The maximum Gasteiger partial charge on any atom is 0.397 e. The summed E-state index contributed by atoms with van der Waals surface area (Å²) in [6.07, 6.45) is 0. The number of nitrogens with one attached hydrogen (secondary N) is 1. The van der Waals surface area contributed by atoms with Crippen LogP contribution >= 0.6 is 0 Å². The fourth-order valence-electron chi connectivity index (χ4n) is 1.07. The van der Waals surface area contributed by atoms with Gasteiger partial charge >= 0.3 is 10.4 Å². The zero-order chi connectivity index (χ0) is 13.6. The molecule has 0 aliphatic rings. The van der Waals surface area contributed by atoms with Gasteiger partial charge in [0.1, 0.15) is 0 Å². The lowest BCUT2D eigenvalue weighted by Gasteiger charge is -2.05. The van der Waals surface area contributed by atoms with Crippen LogP contribution in [0.15, 0.2) is 29.2 Å². The van der Waals surface area contributed by atoms with E-state index in [1.807, 2.05) is 0 Å². The highest BCUT2D eigenvalue weighted by Crippen LogP contribution is 2.14. The van der Waals surface area contributed by atoms with Gasteiger partial charge in [-0.2, -0.15) is 8.42 Å². The van der Waals surface area contributed by atoms with E-state index in [2.05, 4.69) is 9.50 Å². The third-order valence-corrected chi connectivity index (χ3v) is 3.31. The highest BCUT2D eigenvalue weighted by molar-refractivity contribution is 7.81. The van der Waals surface area contributed by atoms with Crippen LogP contribution in [0.2, 0.25) is 0 Å². The van der Waals surface area contributed by atoms with Gasteiger partial charge in [-0.1, -0.05) is 6.07 Å². The van der Waals surface area contributed by atoms with E-state index in [1.165, 1.54) is 0 Å². The second-order valence-electron chi connectivity index (χ2n) is 3.08. The molecule has 1 unspecified atom stereocenters. The molecule has 0 amide bonds. The highest BCUT2D eigenvalue weighted by atomic mass is 32.3. The monoisotopic (exact) mass is 295 g/mol. The lowest BCUT2D eigenvalue weighted by atomic mass is 10.3. The van der Waals surface area contributed by atoms with E-state index in [9.17, 15) is 12.6 Å². The van der Waals surface area contributed by atoms with Crippen molar-refractivity contribution in [3.63, 3.8) is 0 Å². The van der Waals surface area contributed by atoms with Crippen LogP contribution in [0.3, 0.4) is 0 Å². The molecule has 0 radical (unpaired) electrons. The molecule has 1 atom stereocenters. The summed E-state index contributed by atoms with van der Waals surface area (Å²) >= 11 is -1.72. The molecule has 0 saturated heterocycles. The average Bonchev–Trinajstić information content (AvgIpc) is 2.33. The normalized spacial score (nSPS) is 13.2. The predicted molar refractivity (Wildman–Crippen MR) is 65.8 cm³/mol. The van der Waals surface area contributed by atoms with Crippen LogP contribution < -0.4 is 5.32 Å². The van der Waals surface area contributed by atoms with Gasteiger partial charge in [0.15, 0.2) is 11.1 Å². The summed E-state index contributed by atoms with van der Waals surface area (Å²) < 4.78 is 49.2. The zero-order valence-corrected chi connectivity index (χ0v) is 11.2. The molecule has 0 bridgehead atoms. The van der Waals surface area contributed by atoms with Crippen molar-refractivity contribution >= 4 is 27.2 Å². The van der Waals surface area contributed by atoms with Gasteiger partial charge in [0, 0.05) is 12.7 Å². The number of hydrogen-bond acceptors (Lipinski definition) is 6. The number of benzene rings is 1. The van der Waals surface area contributed by atoms with Gasteiger partial charge in [-0.25, -0.2) is 8.39 Å². The molecule has 102 valence electrons. The lowest BCUT2D eigenvalue weighted by molar-refractivity contribution is 0.212. The summed E-state index contributed by atoms with van der Waals surface area (Å²) in [5.41, 5.74) is 0.777. The molecule has 1 rings (SSSR count). The van der Waals surface area contributed by atoms with Crippen molar-refractivity contribution in [2.75, 3.05) is 25.6 Å². The Morgan fingerprint density at radius 1 is 1.39 bits per heavy atom. The van der Waals surface area contributed by atoms with E-state index < -0.39 is 28.1 Å². The SMILES string of the molecule is CNc1cccc(S(=O)OCCOS(=O)(=O)O)c1. The Morgan fingerprint density at radius 2 is 2.11 bits per heavy atom. The number of rotatable bonds is 7. The maximum absolute atomic E-state index is 11.6. The van der Waals surface area contributed by atoms with E-state index in [1.54, 1.807) is 31.3 Å². The van der Waals surface area contributed by atoms with Gasteiger partial charge < -0.3 is 5.32 Å². The van der Waals surface area contributed by atoms with Crippen LogP contribution in [0.5, 0.6) is 0 Å². The van der Waals surface area contributed by atoms with Crippen LogP contribution in [-0.4, -0.2) is 37.4 Å². The molecule has 18 heavy (non-hydrogen) atoms. The summed E-state index contributed by atoms with van der Waals surface area (Å²) in [6, 6.07) is 6.75. The van der Waals surface area contributed by atoms with Crippen molar-refractivity contribution in [3.05, 3.63) is 24.3 Å². The Labute approximate surface area is 108 Å². The third-order valence-electron chi connectivity index (χ3n) is 1.82. The first-order valence-electron chi connectivity index (χ1n) is 4.87. The minimum atomic E-state index is -4.49. The smallest absolute Gasteiger partial charge is 0.388 e. The highest BCUT2D eigenvalue weighted by Gasteiger charge is 2.07. The molecule has 7 nitrogen and oxygen atoms in total. The van der Waals surface area contributed by atoms with E-state index in [0.717, 1.165) is 5.69 Å². The van der Waals surface area contributed by atoms with E-state index in [0.29, 0.717) is 4.90 Å². The molecule has 1 aromatic carbocycles. The standard InChI is InChI=1S/C9H13NO6S2/c1-10-8-3-2-4-9(7-8)17(11)15-5-6-16-18(12,13)14/h2-4,7,10H,5-6H2,1H3,(H,12,13,14).